The Morgan fingerprint density at radius 3 is 1.47 bits per heavy atom. The summed E-state index contributed by atoms with van der Waals surface area (Å²) in [5.74, 6) is -4.54. The second kappa shape index (κ2) is 6.57. The first-order chi connectivity index (χ1) is 8.21. The number of hydrogen-bond donors (Lipinski definition) is 0. The van der Waals surface area contributed by atoms with Crippen LogP contribution in [-0.2, 0) is 0 Å². The lowest BCUT2D eigenvalue weighted by Gasteiger charge is -2.30. The number of alkyl halides is 7. The molecule has 0 amide bonds. The predicted molar refractivity (Wildman–Crippen MR) is 62.3 cm³/mol. The fourth-order valence-electron chi connectivity index (χ4n) is 1.21. The third-order valence-corrected chi connectivity index (χ3v) is 5.48. The van der Waals surface area contributed by atoms with Gasteiger partial charge in [-0.05, 0) is 12.8 Å². The molecule has 0 aliphatic heterocycles. The highest BCUT2D eigenvalue weighted by Crippen LogP contribution is 2.49. The summed E-state index contributed by atoms with van der Waals surface area (Å²) in [5.41, 5.74) is -4.76. The zero-order valence-electron chi connectivity index (χ0n) is 9.32. The maximum absolute atomic E-state index is 13.2. The highest BCUT2D eigenvalue weighted by atomic mass is 35.8. The van der Waals surface area contributed by atoms with E-state index in [4.69, 9.17) is 33.2 Å². The first-order valence-corrected chi connectivity index (χ1v) is 10.1. The molecular weight excluding hydrogens is 364 g/mol. The number of rotatable bonds is 7. The second-order valence-corrected chi connectivity index (χ2v) is 12.4. The summed E-state index contributed by atoms with van der Waals surface area (Å²) in [4.78, 5) is 0. The number of unbranched alkanes of at least 4 members (excludes halogenated alkanes) is 2. The van der Waals surface area contributed by atoms with Crippen molar-refractivity contribution in [1.29, 1.82) is 0 Å². The highest BCUT2D eigenvalue weighted by molar-refractivity contribution is 7.65. The van der Waals surface area contributed by atoms with E-state index in [2.05, 4.69) is 0 Å². The van der Waals surface area contributed by atoms with Crippen LogP contribution < -0.4 is 0 Å². The van der Waals surface area contributed by atoms with Crippen LogP contribution in [0.4, 0.5) is 30.7 Å². The number of halogens is 10. The minimum atomic E-state index is -4.97. The molecule has 0 spiro atoms. The molecule has 0 saturated carbocycles. The molecule has 11 heteroatoms. The van der Waals surface area contributed by atoms with Crippen LogP contribution in [0.2, 0.25) is 0 Å². The Morgan fingerprint density at radius 1 is 0.684 bits per heavy atom. The first kappa shape index (κ1) is 19.6. The molecule has 0 aliphatic rings. The van der Waals surface area contributed by atoms with Gasteiger partial charge in [0.15, 0.2) is 0 Å². The van der Waals surface area contributed by atoms with Crippen LogP contribution >= 0.6 is 33.2 Å². The summed E-state index contributed by atoms with van der Waals surface area (Å²) in [6.07, 6.45) is -8.03. The van der Waals surface area contributed by atoms with Crippen LogP contribution in [0.25, 0.3) is 0 Å². The van der Waals surface area contributed by atoms with E-state index in [1.807, 2.05) is 0 Å². The second-order valence-electron chi connectivity index (χ2n) is 3.95. The van der Waals surface area contributed by atoms with Crippen molar-refractivity contribution in [3.8, 4) is 0 Å². The minimum absolute atomic E-state index is 0.257. The average molecular weight is 374 g/mol. The lowest BCUT2D eigenvalue weighted by atomic mass is 10.1. The van der Waals surface area contributed by atoms with Crippen molar-refractivity contribution in [3.05, 3.63) is 0 Å². The van der Waals surface area contributed by atoms with Crippen molar-refractivity contribution >= 4 is 39.2 Å². The lowest BCUT2D eigenvalue weighted by molar-refractivity contribution is -0.165. The quantitative estimate of drug-likeness (QED) is 0.223. The van der Waals surface area contributed by atoms with Crippen LogP contribution in [0.3, 0.4) is 0 Å². The standard InChI is InChI=1S/C8H10Cl3F7Si/c9-19(10,11)8(17,18)6(12,13)4-2-1-3-5-7(14,15)16/h1-5H2. The van der Waals surface area contributed by atoms with Crippen molar-refractivity contribution in [3.63, 3.8) is 0 Å². The first-order valence-electron chi connectivity index (χ1n) is 5.10. The Kier molecular flexibility index (Phi) is 6.78. The smallest absolute Gasteiger partial charge is 0.200 e. The summed E-state index contributed by atoms with van der Waals surface area (Å²) < 4.78 is 87.9. The van der Waals surface area contributed by atoms with Gasteiger partial charge in [-0.1, -0.05) is 6.42 Å². The van der Waals surface area contributed by atoms with Gasteiger partial charge in [0.1, 0.15) is 0 Å². The fourth-order valence-corrected chi connectivity index (χ4v) is 3.00. The minimum Gasteiger partial charge on any atom is -0.200 e. The molecule has 0 rings (SSSR count). The molecule has 0 fully saturated rings. The van der Waals surface area contributed by atoms with Gasteiger partial charge in [0, 0.05) is 12.8 Å². The van der Waals surface area contributed by atoms with Crippen LogP contribution in [-0.4, -0.2) is 23.6 Å². The monoisotopic (exact) mass is 372 g/mol. The third kappa shape index (κ3) is 6.26. The summed E-state index contributed by atoms with van der Waals surface area (Å²) in [6.45, 7) is 0. The molecule has 0 aliphatic carbocycles. The Labute approximate surface area is 120 Å². The van der Waals surface area contributed by atoms with Crippen molar-refractivity contribution in [2.24, 2.45) is 0 Å². The molecule has 0 saturated heterocycles. The molecule has 116 valence electrons. The fraction of sp³-hybridized carbons (Fsp3) is 1.00. The molecular formula is C8H10Cl3F7Si. The zero-order chi connectivity index (χ0) is 15.5. The molecule has 0 aromatic heterocycles. The van der Waals surface area contributed by atoms with Crippen LogP contribution in [0.15, 0.2) is 0 Å². The van der Waals surface area contributed by atoms with E-state index < -0.39 is 49.3 Å². The van der Waals surface area contributed by atoms with E-state index in [0.717, 1.165) is 0 Å². The normalized spacial score (nSPS) is 14.8. The van der Waals surface area contributed by atoms with Crippen molar-refractivity contribution in [2.45, 2.75) is 49.7 Å². The van der Waals surface area contributed by atoms with Gasteiger partial charge in [0.2, 0.25) is 0 Å². The van der Waals surface area contributed by atoms with Crippen LogP contribution in [0, 0.1) is 0 Å². The zero-order valence-corrected chi connectivity index (χ0v) is 12.6. The molecule has 0 radical (unpaired) electrons. The molecule has 0 N–H and O–H groups in total. The maximum Gasteiger partial charge on any atom is 0.424 e. The molecule has 0 heterocycles. The lowest BCUT2D eigenvalue weighted by Crippen LogP contribution is -2.53. The Hall–Kier alpha value is 0.597. The molecule has 19 heavy (non-hydrogen) atoms. The molecule has 0 aromatic carbocycles. The predicted octanol–water partition coefficient (Wildman–Crippen LogP) is 5.96. The maximum atomic E-state index is 13.2. The van der Waals surface area contributed by atoms with Gasteiger partial charge < -0.3 is 0 Å². The van der Waals surface area contributed by atoms with Gasteiger partial charge in [0.05, 0.1) is 0 Å². The molecule has 0 bridgehead atoms. The SMILES string of the molecule is FC(F)(F)CCCCCC(F)(F)C(F)(F)[Si](Cl)(Cl)Cl. The molecule has 0 atom stereocenters. The molecule has 0 unspecified atom stereocenters. The number of hydrogen-bond acceptors (Lipinski definition) is 0. The van der Waals surface area contributed by atoms with Gasteiger partial charge in [-0.15, -0.1) is 33.2 Å². The van der Waals surface area contributed by atoms with Gasteiger partial charge in [-0.3, -0.25) is 0 Å². The Bertz CT molecular complexity index is 287. The molecule has 0 aromatic rings. The van der Waals surface area contributed by atoms with Gasteiger partial charge in [0.25, 0.3) is 0 Å². The summed E-state index contributed by atoms with van der Waals surface area (Å²) in [6, 6.07) is -4.97. The van der Waals surface area contributed by atoms with Gasteiger partial charge in [-0.25, -0.2) is 8.78 Å². The van der Waals surface area contributed by atoms with Gasteiger partial charge >= 0.3 is 23.6 Å². The highest BCUT2D eigenvalue weighted by Gasteiger charge is 2.69. The van der Waals surface area contributed by atoms with Crippen molar-refractivity contribution < 1.29 is 30.7 Å². The van der Waals surface area contributed by atoms with Crippen LogP contribution in [0.1, 0.15) is 32.1 Å². The van der Waals surface area contributed by atoms with E-state index in [1.54, 1.807) is 0 Å². The molecule has 0 nitrogen and oxygen atoms in total. The summed E-state index contributed by atoms with van der Waals surface area (Å²) in [5, 5.41) is 0. The van der Waals surface area contributed by atoms with E-state index in [-0.39, 0.29) is 6.42 Å². The van der Waals surface area contributed by atoms with E-state index in [0.29, 0.717) is 0 Å². The van der Waals surface area contributed by atoms with Gasteiger partial charge in [-0.2, -0.15) is 22.0 Å². The largest absolute Gasteiger partial charge is 0.424 e. The Morgan fingerprint density at radius 2 is 1.11 bits per heavy atom. The van der Waals surface area contributed by atoms with E-state index in [9.17, 15) is 30.7 Å². The van der Waals surface area contributed by atoms with Crippen molar-refractivity contribution in [2.75, 3.05) is 0 Å². The Balaban J connectivity index is 4.26. The third-order valence-electron chi connectivity index (χ3n) is 2.27. The summed E-state index contributed by atoms with van der Waals surface area (Å²) in [7, 11) is 0. The summed E-state index contributed by atoms with van der Waals surface area (Å²) >= 11 is 14.7. The van der Waals surface area contributed by atoms with Crippen LogP contribution in [0.5, 0.6) is 0 Å². The van der Waals surface area contributed by atoms with E-state index in [1.165, 1.54) is 0 Å². The van der Waals surface area contributed by atoms with Crippen molar-refractivity contribution in [1.82, 2.24) is 0 Å². The average Bonchev–Trinajstić information content (AvgIpc) is 2.12. The van der Waals surface area contributed by atoms with E-state index >= 15 is 0 Å². The topological polar surface area (TPSA) is 0 Å².